The zero-order chi connectivity index (χ0) is 22.2. The summed E-state index contributed by atoms with van der Waals surface area (Å²) in [5.74, 6) is 1.44. The van der Waals surface area contributed by atoms with Gasteiger partial charge in [0.25, 0.3) is 0 Å². The third-order valence-electron chi connectivity index (χ3n) is 5.73. The van der Waals surface area contributed by atoms with Gasteiger partial charge in [-0.25, -0.2) is 5.01 Å². The van der Waals surface area contributed by atoms with E-state index in [1.165, 1.54) is 5.56 Å². The first-order valence-corrected chi connectivity index (χ1v) is 11.2. The maximum absolute atomic E-state index is 6.55. The van der Waals surface area contributed by atoms with Crippen LogP contribution in [0.2, 0.25) is 10.0 Å². The Morgan fingerprint density at radius 1 is 1.12 bits per heavy atom. The summed E-state index contributed by atoms with van der Waals surface area (Å²) in [6.07, 6.45) is 2.05. The number of benzene rings is 3. The minimum atomic E-state index is -0.414. The molecule has 0 bridgehead atoms. The Bertz CT molecular complexity index is 1190. The SMILES string of the molecule is C=CCOc1ccc([C@H]2Oc3c(Cl)cc(Cl)cc3[C@H]3CC(c4ccc(C)cc4)=NN32)cc1. The third-order valence-corrected chi connectivity index (χ3v) is 6.22. The van der Waals surface area contributed by atoms with Gasteiger partial charge >= 0.3 is 0 Å². The van der Waals surface area contributed by atoms with Gasteiger partial charge in [-0.1, -0.05) is 65.7 Å². The van der Waals surface area contributed by atoms with Crippen LogP contribution in [-0.2, 0) is 0 Å². The molecule has 6 heteroatoms. The predicted molar refractivity (Wildman–Crippen MR) is 129 cm³/mol. The minimum Gasteiger partial charge on any atom is -0.490 e. The van der Waals surface area contributed by atoms with Crippen LogP contribution in [0.25, 0.3) is 0 Å². The van der Waals surface area contributed by atoms with Crippen LogP contribution in [0.4, 0.5) is 0 Å². The average Bonchev–Trinajstić information content (AvgIpc) is 3.24. The Morgan fingerprint density at radius 2 is 1.88 bits per heavy atom. The highest BCUT2D eigenvalue weighted by molar-refractivity contribution is 6.35. The van der Waals surface area contributed by atoms with E-state index in [1.54, 1.807) is 12.1 Å². The summed E-state index contributed by atoms with van der Waals surface area (Å²) in [7, 11) is 0. The number of aryl methyl sites for hydroxylation is 1. The molecule has 0 amide bonds. The molecule has 5 rings (SSSR count). The first-order valence-electron chi connectivity index (χ1n) is 10.5. The number of halogens is 2. The molecular formula is C26H22Cl2N2O2. The molecular weight excluding hydrogens is 443 g/mol. The molecule has 0 aromatic heterocycles. The molecule has 0 unspecified atom stereocenters. The Kier molecular flexibility index (Phi) is 5.58. The van der Waals surface area contributed by atoms with Crippen molar-refractivity contribution in [2.75, 3.05) is 6.61 Å². The smallest absolute Gasteiger partial charge is 0.213 e. The van der Waals surface area contributed by atoms with Crippen molar-refractivity contribution in [2.45, 2.75) is 25.6 Å². The van der Waals surface area contributed by atoms with Crippen LogP contribution < -0.4 is 9.47 Å². The van der Waals surface area contributed by atoms with Gasteiger partial charge in [-0.3, -0.25) is 0 Å². The summed E-state index contributed by atoms with van der Waals surface area (Å²) >= 11 is 12.9. The van der Waals surface area contributed by atoms with Gasteiger partial charge in [0.15, 0.2) is 0 Å². The van der Waals surface area contributed by atoms with Crippen LogP contribution >= 0.6 is 23.2 Å². The van der Waals surface area contributed by atoms with E-state index in [0.717, 1.165) is 34.6 Å². The summed E-state index contributed by atoms with van der Waals surface area (Å²) in [6, 6.07) is 19.9. The van der Waals surface area contributed by atoms with Gasteiger partial charge in [-0.15, -0.1) is 0 Å². The van der Waals surface area contributed by atoms with Crippen LogP contribution in [0, 0.1) is 6.92 Å². The molecule has 162 valence electrons. The van der Waals surface area contributed by atoms with Crippen molar-refractivity contribution in [2.24, 2.45) is 5.10 Å². The van der Waals surface area contributed by atoms with E-state index in [2.05, 4.69) is 37.8 Å². The van der Waals surface area contributed by atoms with Gasteiger partial charge in [0, 0.05) is 22.6 Å². The topological polar surface area (TPSA) is 34.1 Å². The maximum atomic E-state index is 6.55. The number of fused-ring (bicyclic) bond motifs is 3. The number of ether oxygens (including phenoxy) is 2. The normalized spacial score (nSPS) is 19.0. The quantitative estimate of drug-likeness (QED) is 0.377. The molecule has 32 heavy (non-hydrogen) atoms. The van der Waals surface area contributed by atoms with E-state index in [1.807, 2.05) is 35.3 Å². The van der Waals surface area contributed by atoms with Crippen molar-refractivity contribution in [3.63, 3.8) is 0 Å². The highest BCUT2D eigenvalue weighted by Crippen LogP contribution is 2.50. The largest absolute Gasteiger partial charge is 0.490 e. The lowest BCUT2D eigenvalue weighted by atomic mass is 9.95. The van der Waals surface area contributed by atoms with Crippen molar-refractivity contribution in [1.82, 2.24) is 5.01 Å². The second kappa shape index (κ2) is 8.53. The molecule has 2 aliphatic rings. The minimum absolute atomic E-state index is 0.0204. The first kappa shape index (κ1) is 20.9. The first-order chi connectivity index (χ1) is 15.5. The molecule has 3 aromatic carbocycles. The van der Waals surface area contributed by atoms with Crippen molar-refractivity contribution < 1.29 is 9.47 Å². The molecule has 2 heterocycles. The lowest BCUT2D eigenvalue weighted by Crippen LogP contribution is -2.33. The zero-order valence-electron chi connectivity index (χ0n) is 17.6. The van der Waals surface area contributed by atoms with Crippen LogP contribution in [0.3, 0.4) is 0 Å². The van der Waals surface area contributed by atoms with E-state index in [9.17, 15) is 0 Å². The fraction of sp³-hybridized carbons (Fsp3) is 0.192. The van der Waals surface area contributed by atoms with Crippen molar-refractivity contribution in [1.29, 1.82) is 0 Å². The van der Waals surface area contributed by atoms with E-state index >= 15 is 0 Å². The molecule has 0 radical (unpaired) electrons. The standard InChI is InChI=1S/C26H22Cl2N2O2/c1-3-12-31-20-10-8-18(9-11-20)26-30-24(21-13-19(27)14-22(28)25(21)32-26)15-23(29-30)17-6-4-16(2)5-7-17/h3-11,13-14,24,26H,1,12,15H2,2H3/t24-,26-/m1/s1. The summed E-state index contributed by atoms with van der Waals surface area (Å²) < 4.78 is 12.0. The van der Waals surface area contributed by atoms with Crippen LogP contribution in [0.5, 0.6) is 11.5 Å². The molecule has 0 saturated carbocycles. The van der Waals surface area contributed by atoms with Gasteiger partial charge < -0.3 is 9.47 Å². The summed E-state index contributed by atoms with van der Waals surface area (Å²) in [6.45, 7) is 6.23. The van der Waals surface area contributed by atoms with Crippen LogP contribution in [0.15, 0.2) is 78.4 Å². The lowest BCUT2D eigenvalue weighted by molar-refractivity contribution is -0.0189. The van der Waals surface area contributed by atoms with E-state index in [-0.39, 0.29) is 6.04 Å². The average molecular weight is 465 g/mol. The molecule has 2 aliphatic heterocycles. The highest BCUT2D eigenvalue weighted by atomic mass is 35.5. The van der Waals surface area contributed by atoms with Crippen molar-refractivity contribution in [3.8, 4) is 11.5 Å². The number of nitrogens with zero attached hydrogens (tertiary/aromatic N) is 2. The Morgan fingerprint density at radius 3 is 2.59 bits per heavy atom. The molecule has 0 spiro atoms. The predicted octanol–water partition coefficient (Wildman–Crippen LogP) is 7.11. The molecule has 2 atom stereocenters. The fourth-order valence-corrected chi connectivity index (χ4v) is 4.69. The lowest BCUT2D eigenvalue weighted by Gasteiger charge is -2.38. The number of hydrogen-bond acceptors (Lipinski definition) is 4. The number of hydrazone groups is 1. The maximum Gasteiger partial charge on any atom is 0.213 e. The molecule has 0 saturated heterocycles. The Hall–Kier alpha value is -2.95. The highest BCUT2D eigenvalue weighted by Gasteiger charge is 2.42. The van der Waals surface area contributed by atoms with E-state index in [0.29, 0.717) is 22.4 Å². The third kappa shape index (κ3) is 3.85. The molecule has 3 aromatic rings. The summed E-state index contributed by atoms with van der Waals surface area (Å²) in [5, 5.41) is 8.10. The molecule has 4 nitrogen and oxygen atoms in total. The van der Waals surface area contributed by atoms with Gasteiger partial charge in [-0.2, -0.15) is 5.10 Å². The zero-order valence-corrected chi connectivity index (χ0v) is 19.1. The van der Waals surface area contributed by atoms with Crippen LogP contribution in [0.1, 0.15) is 40.9 Å². The fourth-order valence-electron chi connectivity index (χ4n) is 4.14. The Balaban J connectivity index is 1.55. The number of hydrogen-bond donors (Lipinski definition) is 0. The van der Waals surface area contributed by atoms with Gasteiger partial charge in [-0.05, 0) is 48.9 Å². The molecule has 0 fully saturated rings. The summed E-state index contributed by atoms with van der Waals surface area (Å²) in [4.78, 5) is 0. The van der Waals surface area contributed by atoms with E-state index < -0.39 is 6.23 Å². The van der Waals surface area contributed by atoms with Crippen molar-refractivity contribution >= 4 is 28.9 Å². The van der Waals surface area contributed by atoms with Gasteiger partial charge in [0.1, 0.15) is 18.1 Å². The molecule has 0 N–H and O–H groups in total. The summed E-state index contributed by atoms with van der Waals surface area (Å²) in [5.41, 5.74) is 5.25. The van der Waals surface area contributed by atoms with Gasteiger partial charge in [0.2, 0.25) is 6.23 Å². The van der Waals surface area contributed by atoms with Crippen molar-refractivity contribution in [3.05, 3.63) is 106 Å². The van der Waals surface area contributed by atoms with E-state index in [4.69, 9.17) is 37.8 Å². The second-order valence-electron chi connectivity index (χ2n) is 7.96. The second-order valence-corrected chi connectivity index (χ2v) is 8.80. The Labute approximate surface area is 197 Å². The number of rotatable bonds is 5. The monoisotopic (exact) mass is 464 g/mol. The molecule has 0 aliphatic carbocycles. The van der Waals surface area contributed by atoms with Gasteiger partial charge in [0.05, 0.1) is 16.8 Å². The van der Waals surface area contributed by atoms with Crippen LogP contribution in [-0.4, -0.2) is 17.3 Å².